The molecule has 98 valence electrons. The Morgan fingerprint density at radius 2 is 1.95 bits per heavy atom. The summed E-state index contributed by atoms with van der Waals surface area (Å²) in [6.45, 7) is 2.43. The van der Waals surface area contributed by atoms with E-state index in [1.807, 2.05) is 6.92 Å². The highest BCUT2D eigenvalue weighted by Crippen LogP contribution is 2.19. The van der Waals surface area contributed by atoms with E-state index in [-0.39, 0.29) is 5.97 Å². The van der Waals surface area contributed by atoms with E-state index >= 15 is 0 Å². The van der Waals surface area contributed by atoms with Crippen molar-refractivity contribution in [2.45, 2.75) is 6.92 Å². The Hall–Kier alpha value is -2.43. The smallest absolute Gasteiger partial charge is 0.337 e. The molecule has 2 aromatic rings. The third-order valence-corrected chi connectivity index (χ3v) is 2.51. The molecule has 2 rings (SSSR count). The second kappa shape index (κ2) is 5.95. The van der Waals surface area contributed by atoms with E-state index in [4.69, 9.17) is 4.74 Å². The number of rotatable bonds is 4. The van der Waals surface area contributed by atoms with Crippen LogP contribution in [0.15, 0.2) is 36.7 Å². The van der Waals surface area contributed by atoms with E-state index in [1.54, 1.807) is 36.7 Å². The number of methoxy groups -OCH3 is 1. The van der Waals surface area contributed by atoms with Gasteiger partial charge in [-0.2, -0.15) is 0 Å². The average Bonchev–Trinajstić information content (AvgIpc) is 2.47. The molecule has 0 fully saturated rings. The summed E-state index contributed by atoms with van der Waals surface area (Å²) in [4.78, 5) is 19.7. The van der Waals surface area contributed by atoms with Gasteiger partial charge in [0.2, 0.25) is 5.88 Å². The van der Waals surface area contributed by atoms with Gasteiger partial charge in [0.15, 0.2) is 0 Å². The van der Waals surface area contributed by atoms with Crippen LogP contribution in [-0.4, -0.2) is 29.7 Å². The number of carbonyl (C=O) groups excluding carboxylic acids is 1. The zero-order valence-corrected chi connectivity index (χ0v) is 10.8. The van der Waals surface area contributed by atoms with Gasteiger partial charge < -0.3 is 9.47 Å². The van der Waals surface area contributed by atoms with Crippen molar-refractivity contribution in [3.05, 3.63) is 42.2 Å². The van der Waals surface area contributed by atoms with Crippen molar-refractivity contribution in [1.29, 1.82) is 0 Å². The molecule has 0 unspecified atom stereocenters. The van der Waals surface area contributed by atoms with Crippen molar-refractivity contribution in [2.24, 2.45) is 0 Å². The minimum absolute atomic E-state index is 0.360. The van der Waals surface area contributed by atoms with Crippen LogP contribution in [-0.2, 0) is 4.74 Å². The Kier molecular flexibility index (Phi) is 4.07. The number of benzene rings is 1. The maximum atomic E-state index is 11.3. The molecule has 0 N–H and O–H groups in total. The molecular weight excluding hydrogens is 244 g/mol. The number of hydrogen-bond donors (Lipinski definition) is 0. The van der Waals surface area contributed by atoms with Crippen molar-refractivity contribution in [1.82, 2.24) is 9.97 Å². The molecule has 0 aliphatic heterocycles. The predicted molar refractivity (Wildman–Crippen MR) is 70.0 cm³/mol. The first-order valence-corrected chi connectivity index (χ1v) is 5.88. The van der Waals surface area contributed by atoms with Gasteiger partial charge in [0.25, 0.3) is 0 Å². The molecule has 0 saturated carbocycles. The highest BCUT2D eigenvalue weighted by Gasteiger charge is 2.07. The molecule has 0 aliphatic carbocycles. The van der Waals surface area contributed by atoms with Gasteiger partial charge in [-0.25, -0.2) is 9.78 Å². The molecule has 5 heteroatoms. The first-order chi connectivity index (χ1) is 9.24. The van der Waals surface area contributed by atoms with Crippen molar-refractivity contribution in [3.8, 4) is 17.1 Å². The molecule has 0 atom stereocenters. The van der Waals surface area contributed by atoms with Crippen molar-refractivity contribution >= 4 is 5.97 Å². The summed E-state index contributed by atoms with van der Waals surface area (Å²) >= 11 is 0. The summed E-state index contributed by atoms with van der Waals surface area (Å²) < 4.78 is 9.95. The second-order valence-corrected chi connectivity index (χ2v) is 3.74. The maximum absolute atomic E-state index is 11.3. The molecular formula is C14H14N2O3. The Morgan fingerprint density at radius 1 is 1.21 bits per heavy atom. The molecule has 1 aromatic carbocycles. The molecule has 1 heterocycles. The largest absolute Gasteiger partial charge is 0.477 e. The quantitative estimate of drug-likeness (QED) is 0.788. The highest BCUT2D eigenvalue weighted by atomic mass is 16.5. The van der Waals surface area contributed by atoms with E-state index in [2.05, 4.69) is 14.7 Å². The van der Waals surface area contributed by atoms with Crippen molar-refractivity contribution in [2.75, 3.05) is 13.7 Å². The molecule has 0 spiro atoms. The van der Waals surface area contributed by atoms with Gasteiger partial charge in [0.05, 0.1) is 37.4 Å². The highest BCUT2D eigenvalue weighted by molar-refractivity contribution is 5.89. The van der Waals surface area contributed by atoms with Gasteiger partial charge in [-0.15, -0.1) is 0 Å². The zero-order valence-electron chi connectivity index (χ0n) is 10.8. The van der Waals surface area contributed by atoms with Gasteiger partial charge >= 0.3 is 5.97 Å². The number of aromatic nitrogens is 2. The fraction of sp³-hybridized carbons (Fsp3) is 0.214. The van der Waals surface area contributed by atoms with Crippen LogP contribution in [0.25, 0.3) is 11.3 Å². The number of hydrogen-bond acceptors (Lipinski definition) is 5. The summed E-state index contributed by atoms with van der Waals surface area (Å²) in [6.07, 6.45) is 3.21. The number of carbonyl (C=O) groups is 1. The third-order valence-electron chi connectivity index (χ3n) is 2.51. The third kappa shape index (κ3) is 3.07. The van der Waals surface area contributed by atoms with Crippen molar-refractivity contribution in [3.63, 3.8) is 0 Å². The molecule has 0 bridgehead atoms. The lowest BCUT2D eigenvalue weighted by Crippen LogP contribution is -2.00. The molecule has 5 nitrogen and oxygen atoms in total. The van der Waals surface area contributed by atoms with Crippen LogP contribution in [0.5, 0.6) is 5.88 Å². The van der Waals surface area contributed by atoms with E-state index < -0.39 is 0 Å². The normalized spacial score (nSPS) is 10.0. The Morgan fingerprint density at radius 3 is 2.58 bits per heavy atom. The summed E-state index contributed by atoms with van der Waals surface area (Å²) in [5.74, 6) is 0.123. The number of nitrogens with zero attached hydrogens (tertiary/aromatic N) is 2. The maximum Gasteiger partial charge on any atom is 0.337 e. The van der Waals surface area contributed by atoms with Crippen molar-refractivity contribution < 1.29 is 14.3 Å². The lowest BCUT2D eigenvalue weighted by atomic mass is 10.1. The van der Waals surface area contributed by atoms with Crippen LogP contribution in [0.4, 0.5) is 0 Å². The number of esters is 1. The first-order valence-electron chi connectivity index (χ1n) is 5.88. The summed E-state index contributed by atoms with van der Waals surface area (Å²) in [7, 11) is 1.35. The molecule has 0 amide bonds. The topological polar surface area (TPSA) is 61.3 Å². The Balaban J connectivity index is 2.26. The fourth-order valence-electron chi connectivity index (χ4n) is 1.60. The van der Waals surface area contributed by atoms with Gasteiger partial charge in [-0.3, -0.25) is 4.98 Å². The zero-order chi connectivity index (χ0) is 13.7. The van der Waals surface area contributed by atoms with Crippen LogP contribution < -0.4 is 4.74 Å². The lowest BCUT2D eigenvalue weighted by Gasteiger charge is -2.05. The first kappa shape index (κ1) is 13.0. The standard InChI is InChI=1S/C14H14N2O3/c1-3-19-13-9-15-8-12(16-13)10-4-6-11(7-5-10)14(17)18-2/h4-9H,3H2,1-2H3. The van der Waals surface area contributed by atoms with Crippen LogP contribution >= 0.6 is 0 Å². The monoisotopic (exact) mass is 258 g/mol. The Bertz CT molecular complexity index is 567. The van der Waals surface area contributed by atoms with Crippen LogP contribution in [0.1, 0.15) is 17.3 Å². The second-order valence-electron chi connectivity index (χ2n) is 3.74. The lowest BCUT2D eigenvalue weighted by molar-refractivity contribution is 0.0601. The van der Waals surface area contributed by atoms with E-state index in [0.29, 0.717) is 23.7 Å². The molecule has 0 aliphatic rings. The van der Waals surface area contributed by atoms with Gasteiger partial charge in [0.1, 0.15) is 0 Å². The minimum Gasteiger partial charge on any atom is -0.477 e. The predicted octanol–water partition coefficient (Wildman–Crippen LogP) is 2.33. The fourth-order valence-corrected chi connectivity index (χ4v) is 1.60. The minimum atomic E-state index is -0.360. The SMILES string of the molecule is CCOc1cncc(-c2ccc(C(=O)OC)cc2)n1. The summed E-state index contributed by atoms with van der Waals surface area (Å²) in [6, 6.07) is 6.98. The van der Waals surface area contributed by atoms with E-state index in [0.717, 1.165) is 5.56 Å². The summed E-state index contributed by atoms with van der Waals surface area (Å²) in [5, 5.41) is 0. The van der Waals surface area contributed by atoms with E-state index in [1.165, 1.54) is 7.11 Å². The molecule has 19 heavy (non-hydrogen) atoms. The van der Waals surface area contributed by atoms with E-state index in [9.17, 15) is 4.79 Å². The molecule has 1 aromatic heterocycles. The number of ether oxygens (including phenoxy) is 2. The van der Waals surface area contributed by atoms with Crippen LogP contribution in [0.2, 0.25) is 0 Å². The summed E-state index contributed by atoms with van der Waals surface area (Å²) in [5.41, 5.74) is 2.06. The van der Waals surface area contributed by atoms with Gasteiger partial charge in [-0.1, -0.05) is 12.1 Å². The molecule has 0 radical (unpaired) electrons. The van der Waals surface area contributed by atoms with Gasteiger partial charge in [0, 0.05) is 5.56 Å². The van der Waals surface area contributed by atoms with Crippen LogP contribution in [0, 0.1) is 0 Å². The average molecular weight is 258 g/mol. The van der Waals surface area contributed by atoms with Gasteiger partial charge in [-0.05, 0) is 19.1 Å². The van der Waals surface area contributed by atoms with Crippen LogP contribution in [0.3, 0.4) is 0 Å². The molecule has 0 saturated heterocycles. The Labute approximate surface area is 111 Å².